The zero-order valence-electron chi connectivity index (χ0n) is 40.0. The van der Waals surface area contributed by atoms with E-state index in [-0.39, 0.29) is 31.3 Å². The van der Waals surface area contributed by atoms with Gasteiger partial charge in [0.25, 0.3) is 11.8 Å². The fraction of sp³-hybridized carbons (Fsp3) is 0.434. The molecule has 0 aromatic heterocycles. The molecule has 69 heavy (non-hydrogen) atoms. The summed E-state index contributed by atoms with van der Waals surface area (Å²) in [5.74, 6) is -1.95. The maximum atomic E-state index is 14.5. The lowest BCUT2D eigenvalue weighted by molar-refractivity contribution is -0.138. The number of rotatable bonds is 18. The minimum absolute atomic E-state index is 0.0108. The Bertz CT molecular complexity index is 2480. The highest BCUT2D eigenvalue weighted by Gasteiger charge is 2.46. The number of carbonyl (C=O) groups is 6. The molecule has 16 nitrogen and oxygen atoms in total. The number of aliphatic hydroxyl groups is 1. The number of hydrogen-bond donors (Lipinski definition) is 5. The highest BCUT2D eigenvalue weighted by Crippen LogP contribution is 2.55. The van der Waals surface area contributed by atoms with Crippen molar-refractivity contribution in [1.29, 1.82) is 0 Å². The van der Waals surface area contributed by atoms with Crippen LogP contribution in [0.5, 0.6) is 0 Å². The van der Waals surface area contributed by atoms with E-state index in [1.807, 2.05) is 42.5 Å². The van der Waals surface area contributed by atoms with E-state index in [2.05, 4.69) is 35.1 Å². The summed E-state index contributed by atoms with van der Waals surface area (Å²) in [6.07, 6.45) is 3.15. The van der Waals surface area contributed by atoms with E-state index in [1.165, 1.54) is 24.0 Å². The highest BCUT2D eigenvalue weighted by molar-refractivity contribution is 6.01. The molecule has 2 saturated heterocycles. The van der Waals surface area contributed by atoms with E-state index in [4.69, 9.17) is 14.2 Å². The maximum Gasteiger partial charge on any atom is 0.407 e. The van der Waals surface area contributed by atoms with Gasteiger partial charge in [-0.3, -0.25) is 19.2 Å². The molecule has 5 N–H and O–H groups in total. The summed E-state index contributed by atoms with van der Waals surface area (Å²) in [5, 5.41) is 22.3. The molecule has 0 bridgehead atoms. The first-order chi connectivity index (χ1) is 33.4. The van der Waals surface area contributed by atoms with E-state index in [1.54, 1.807) is 61.7 Å². The Kier molecular flexibility index (Phi) is 16.4. The minimum Gasteiger partial charge on any atom is -0.453 e. The van der Waals surface area contributed by atoms with Crippen LogP contribution in [0.15, 0.2) is 97.1 Å². The molecule has 0 unspecified atom stereocenters. The predicted octanol–water partition coefficient (Wildman–Crippen LogP) is 7.23. The number of fused-ring (bicyclic) bond motifs is 3. The molecule has 0 spiro atoms. The standard InChI is InChI=1S/C53H64N6O10/c1-6-8-24-53(25-9-7-2)41-27-36(54-47(61)43-26-33(32-67-3)30-58(43)49(63)45(56-51(65)68-4)34-16-12-10-13-17-34)20-22-39(41)40-23-21-37(28-42(40)53)55-48(62)44-29-38(60)31-59(44)50(64)46(57-52(66)69-5)35-18-14-11-15-19-35/h10-23,27-28,33,38,43-46,60H,6-9,24-26,29-32H2,1-5H3,(H,54,61)(H,55,62)(H,56,65)(H,57,66)/t33-,38+,43-,44-,45+,46+/m0/s1. The fourth-order valence-electron chi connectivity index (χ4n) is 10.4. The van der Waals surface area contributed by atoms with E-state index in [9.17, 15) is 33.9 Å². The molecular weight excluding hydrogens is 881 g/mol. The second-order valence-corrected chi connectivity index (χ2v) is 18.2. The van der Waals surface area contributed by atoms with Crippen molar-refractivity contribution >= 4 is 47.2 Å². The Morgan fingerprint density at radius 3 is 1.52 bits per heavy atom. The number of anilines is 2. The van der Waals surface area contributed by atoms with Crippen molar-refractivity contribution in [2.24, 2.45) is 5.92 Å². The van der Waals surface area contributed by atoms with E-state index >= 15 is 0 Å². The monoisotopic (exact) mass is 944 g/mol. The number of unbranched alkanes of at least 4 members (excludes halogenated alkanes) is 2. The first kappa shape index (κ1) is 50.1. The molecule has 1 aliphatic carbocycles. The zero-order chi connectivity index (χ0) is 49.2. The molecule has 0 radical (unpaired) electrons. The van der Waals surface area contributed by atoms with Crippen molar-refractivity contribution in [2.75, 3.05) is 51.7 Å². The number of benzene rings is 4. The average molecular weight is 945 g/mol. The molecule has 366 valence electrons. The normalized spacial score (nSPS) is 19.7. The van der Waals surface area contributed by atoms with Gasteiger partial charge in [-0.2, -0.15) is 0 Å². The average Bonchev–Trinajstić information content (AvgIpc) is 4.06. The molecule has 0 saturated carbocycles. The molecule has 2 fully saturated rings. The molecule has 16 heteroatoms. The molecule has 6 atom stereocenters. The van der Waals surface area contributed by atoms with Gasteiger partial charge in [-0.05, 0) is 76.9 Å². The highest BCUT2D eigenvalue weighted by atomic mass is 16.5. The number of likely N-dealkylation sites (tertiary alicyclic amines) is 2. The fourth-order valence-corrected chi connectivity index (χ4v) is 10.4. The van der Waals surface area contributed by atoms with Gasteiger partial charge in [0, 0.05) is 49.3 Å². The number of amides is 6. The van der Waals surface area contributed by atoms with E-state index in [0.717, 1.165) is 60.8 Å². The van der Waals surface area contributed by atoms with Crippen LogP contribution in [0, 0.1) is 5.92 Å². The lowest BCUT2D eigenvalue weighted by Gasteiger charge is -2.33. The van der Waals surface area contributed by atoms with E-state index in [0.29, 0.717) is 35.5 Å². The third kappa shape index (κ3) is 10.9. The van der Waals surface area contributed by atoms with Gasteiger partial charge in [0.2, 0.25) is 11.8 Å². The Hall–Kier alpha value is -6.78. The number of aliphatic hydroxyl groups excluding tert-OH is 1. The van der Waals surface area contributed by atoms with Crippen LogP contribution in [0.2, 0.25) is 0 Å². The maximum absolute atomic E-state index is 14.5. The molecule has 2 heterocycles. The Morgan fingerprint density at radius 2 is 1.09 bits per heavy atom. The third-order valence-electron chi connectivity index (χ3n) is 13.7. The summed E-state index contributed by atoms with van der Waals surface area (Å²) in [6, 6.07) is 25.2. The summed E-state index contributed by atoms with van der Waals surface area (Å²) in [4.78, 5) is 85.0. The van der Waals surface area contributed by atoms with Crippen LogP contribution >= 0.6 is 0 Å². The van der Waals surface area contributed by atoms with Crippen LogP contribution in [0.1, 0.15) is 99.6 Å². The van der Waals surface area contributed by atoms with Crippen LogP contribution in [-0.2, 0) is 38.8 Å². The number of alkyl carbamates (subject to hydrolysis) is 2. The molecule has 4 aromatic carbocycles. The smallest absolute Gasteiger partial charge is 0.407 e. The number of hydrogen-bond acceptors (Lipinski definition) is 10. The van der Waals surface area contributed by atoms with Crippen LogP contribution in [-0.4, -0.2) is 110 Å². The topological polar surface area (TPSA) is 205 Å². The molecule has 7 rings (SSSR count). The van der Waals surface area contributed by atoms with Crippen molar-refractivity contribution in [3.63, 3.8) is 0 Å². The van der Waals surface area contributed by atoms with Gasteiger partial charge < -0.3 is 50.4 Å². The molecule has 3 aliphatic rings. The van der Waals surface area contributed by atoms with Crippen molar-refractivity contribution in [1.82, 2.24) is 20.4 Å². The van der Waals surface area contributed by atoms with Gasteiger partial charge >= 0.3 is 12.2 Å². The molecule has 4 aromatic rings. The second-order valence-electron chi connectivity index (χ2n) is 18.2. The summed E-state index contributed by atoms with van der Waals surface area (Å²) in [5.41, 5.74) is 5.82. The number of nitrogens with zero attached hydrogens (tertiary/aromatic N) is 2. The largest absolute Gasteiger partial charge is 0.453 e. The van der Waals surface area contributed by atoms with E-state index < -0.39 is 65.6 Å². The summed E-state index contributed by atoms with van der Waals surface area (Å²) >= 11 is 0. The number of ether oxygens (including phenoxy) is 3. The van der Waals surface area contributed by atoms with Crippen LogP contribution in [0.4, 0.5) is 21.0 Å². The molecule has 6 amide bonds. The Morgan fingerprint density at radius 1 is 0.638 bits per heavy atom. The molecule has 2 aliphatic heterocycles. The summed E-state index contributed by atoms with van der Waals surface area (Å²) < 4.78 is 15.2. The van der Waals surface area contributed by atoms with Crippen molar-refractivity contribution < 1.29 is 48.1 Å². The van der Waals surface area contributed by atoms with Gasteiger partial charge in [-0.25, -0.2) is 9.59 Å². The van der Waals surface area contributed by atoms with Crippen molar-refractivity contribution in [2.45, 2.75) is 101 Å². The quantitative estimate of drug-likeness (QED) is 0.0677. The third-order valence-corrected chi connectivity index (χ3v) is 13.7. The van der Waals surface area contributed by atoms with Gasteiger partial charge in [0.05, 0.1) is 26.9 Å². The van der Waals surface area contributed by atoms with Gasteiger partial charge in [-0.1, -0.05) is 112 Å². The van der Waals surface area contributed by atoms with Crippen LogP contribution < -0.4 is 21.3 Å². The van der Waals surface area contributed by atoms with Gasteiger partial charge in [-0.15, -0.1) is 0 Å². The summed E-state index contributed by atoms with van der Waals surface area (Å²) in [7, 11) is 4.02. The lowest BCUT2D eigenvalue weighted by Crippen LogP contribution is -2.48. The predicted molar refractivity (Wildman–Crippen MR) is 260 cm³/mol. The van der Waals surface area contributed by atoms with Crippen molar-refractivity contribution in [3.8, 4) is 11.1 Å². The minimum atomic E-state index is -1.15. The number of β-amino-alcohol motifs (C(OH)–C–C–N with tert-alkyl or cyclic N) is 1. The van der Waals surface area contributed by atoms with Crippen LogP contribution in [0.25, 0.3) is 11.1 Å². The van der Waals surface area contributed by atoms with Crippen molar-refractivity contribution in [3.05, 3.63) is 119 Å². The van der Waals surface area contributed by atoms with Gasteiger partial charge in [0.15, 0.2) is 0 Å². The van der Waals surface area contributed by atoms with Crippen LogP contribution in [0.3, 0.4) is 0 Å². The number of methoxy groups -OCH3 is 3. The Labute approximate surface area is 403 Å². The zero-order valence-corrected chi connectivity index (χ0v) is 40.0. The first-order valence-corrected chi connectivity index (χ1v) is 23.8. The molecular formula is C53H64N6O10. The first-order valence-electron chi connectivity index (χ1n) is 23.8. The SMILES string of the molecule is CCCCC1(CCCC)c2cc(NC(=O)[C@@H]3C[C@@H](O)CN3C(=O)[C@H](NC(=O)OC)c3ccccc3)ccc2-c2ccc(NC(=O)[C@@H]3C[C@H](COC)CN3C(=O)[C@H](NC(=O)OC)c3ccccc3)cc21. The van der Waals surface area contributed by atoms with Gasteiger partial charge in [0.1, 0.15) is 24.2 Å². The summed E-state index contributed by atoms with van der Waals surface area (Å²) in [6.45, 7) is 4.80. The Balaban J connectivity index is 1.16. The second kappa shape index (κ2) is 22.6. The number of nitrogens with one attached hydrogen (secondary N) is 4. The number of carbonyl (C=O) groups excluding carboxylic acids is 6. The lowest BCUT2D eigenvalue weighted by atomic mass is 9.70.